The first kappa shape index (κ1) is 16.8. The Balaban J connectivity index is 2.30. The molecule has 0 aliphatic carbocycles. The smallest absolute Gasteiger partial charge is 0.311 e. The Bertz CT molecular complexity index is 243. The minimum absolute atomic E-state index is 0.252. The first-order valence-electron chi connectivity index (χ1n) is 7.50. The number of piperazine rings is 1. The predicted molar refractivity (Wildman–Crippen MR) is 72.3 cm³/mol. The third-order valence-electron chi connectivity index (χ3n) is 3.88. The fraction of sp³-hybridized carbons (Fsp3) is 1.00. The Hall–Kier alpha value is -0.290. The van der Waals surface area contributed by atoms with E-state index in [1.807, 2.05) is 0 Å². The van der Waals surface area contributed by atoms with Crippen LogP contribution in [0.1, 0.15) is 52.4 Å². The summed E-state index contributed by atoms with van der Waals surface area (Å²) in [5.74, 6) is 0. The Morgan fingerprint density at radius 1 is 1.21 bits per heavy atom. The summed E-state index contributed by atoms with van der Waals surface area (Å²) in [6.45, 7) is 7.08. The van der Waals surface area contributed by atoms with Crippen molar-refractivity contribution in [2.24, 2.45) is 0 Å². The van der Waals surface area contributed by atoms with Gasteiger partial charge in [0.15, 0.2) is 0 Å². The highest BCUT2D eigenvalue weighted by Gasteiger charge is 2.28. The molecule has 1 aliphatic heterocycles. The molecular weight excluding hydrogens is 253 g/mol. The van der Waals surface area contributed by atoms with Gasteiger partial charge in [0, 0.05) is 31.6 Å². The molecule has 0 amide bonds. The van der Waals surface area contributed by atoms with Gasteiger partial charge in [0.25, 0.3) is 0 Å². The van der Waals surface area contributed by atoms with Crippen LogP contribution in [0.3, 0.4) is 0 Å². The van der Waals surface area contributed by atoms with Crippen molar-refractivity contribution in [3.05, 3.63) is 0 Å². The van der Waals surface area contributed by atoms with E-state index >= 15 is 0 Å². The van der Waals surface area contributed by atoms with E-state index in [0.29, 0.717) is 18.5 Å². The van der Waals surface area contributed by atoms with Crippen molar-refractivity contribution in [1.82, 2.24) is 10.2 Å². The van der Waals surface area contributed by atoms with Crippen LogP contribution in [0.5, 0.6) is 0 Å². The van der Waals surface area contributed by atoms with Gasteiger partial charge in [0.1, 0.15) is 0 Å². The Morgan fingerprint density at radius 3 is 2.53 bits per heavy atom. The van der Waals surface area contributed by atoms with Crippen molar-refractivity contribution in [2.45, 2.75) is 70.6 Å². The molecule has 5 heteroatoms. The molecule has 1 fully saturated rings. The summed E-state index contributed by atoms with van der Waals surface area (Å²) in [5, 5.41) is 3.54. The molecule has 114 valence electrons. The van der Waals surface area contributed by atoms with Crippen molar-refractivity contribution < 1.29 is 13.2 Å². The van der Waals surface area contributed by atoms with Gasteiger partial charge in [0.05, 0.1) is 0 Å². The summed E-state index contributed by atoms with van der Waals surface area (Å²) in [4.78, 5) is 2.38. The highest BCUT2D eigenvalue weighted by atomic mass is 19.4. The number of rotatable bonds is 7. The zero-order valence-corrected chi connectivity index (χ0v) is 12.1. The van der Waals surface area contributed by atoms with Crippen LogP contribution < -0.4 is 5.32 Å². The average molecular weight is 280 g/mol. The number of nitrogens with zero attached hydrogens (tertiary/aromatic N) is 1. The topological polar surface area (TPSA) is 15.3 Å². The van der Waals surface area contributed by atoms with Gasteiger partial charge in [-0.2, -0.15) is 13.2 Å². The maximum atomic E-state index is 12.1. The second-order valence-electron chi connectivity index (χ2n) is 5.52. The van der Waals surface area contributed by atoms with Gasteiger partial charge >= 0.3 is 6.18 Å². The van der Waals surface area contributed by atoms with Crippen molar-refractivity contribution in [2.75, 3.05) is 19.6 Å². The van der Waals surface area contributed by atoms with Crippen LogP contribution in [0.4, 0.5) is 13.2 Å². The maximum absolute atomic E-state index is 12.1. The molecule has 0 radical (unpaired) electrons. The van der Waals surface area contributed by atoms with Gasteiger partial charge in [-0.1, -0.05) is 20.3 Å². The third-order valence-corrected chi connectivity index (χ3v) is 3.88. The lowest BCUT2D eigenvalue weighted by atomic mass is 10.0. The number of nitrogens with one attached hydrogen (secondary N) is 1. The molecule has 1 aliphatic rings. The van der Waals surface area contributed by atoms with E-state index < -0.39 is 12.6 Å². The van der Waals surface area contributed by atoms with E-state index in [4.69, 9.17) is 0 Å². The van der Waals surface area contributed by atoms with Crippen molar-refractivity contribution >= 4 is 0 Å². The van der Waals surface area contributed by atoms with Gasteiger partial charge in [-0.15, -0.1) is 0 Å². The molecule has 2 atom stereocenters. The highest BCUT2D eigenvalue weighted by molar-refractivity contribution is 4.85. The molecule has 0 aromatic rings. The van der Waals surface area contributed by atoms with Gasteiger partial charge in [-0.25, -0.2) is 0 Å². The molecule has 1 N–H and O–H groups in total. The van der Waals surface area contributed by atoms with Crippen molar-refractivity contribution in [1.29, 1.82) is 0 Å². The van der Waals surface area contributed by atoms with Gasteiger partial charge in [-0.05, 0) is 32.2 Å². The van der Waals surface area contributed by atoms with E-state index in [2.05, 4.69) is 24.1 Å². The fourth-order valence-corrected chi connectivity index (χ4v) is 2.79. The monoisotopic (exact) mass is 280 g/mol. The van der Waals surface area contributed by atoms with Crippen LogP contribution in [-0.4, -0.2) is 42.8 Å². The Labute approximate surface area is 114 Å². The van der Waals surface area contributed by atoms with E-state index in [0.717, 1.165) is 38.9 Å². The molecule has 0 aromatic heterocycles. The molecule has 0 bridgehead atoms. The van der Waals surface area contributed by atoms with E-state index in [-0.39, 0.29) is 6.42 Å². The van der Waals surface area contributed by atoms with E-state index in [1.165, 1.54) is 0 Å². The molecule has 1 saturated heterocycles. The number of hydrogen-bond donors (Lipinski definition) is 1. The number of unbranched alkanes of at least 4 members (excludes halogenated alkanes) is 1. The summed E-state index contributed by atoms with van der Waals surface area (Å²) >= 11 is 0. The Kier molecular flexibility index (Phi) is 7.15. The molecular formula is C14H27F3N2. The van der Waals surface area contributed by atoms with Crippen LogP contribution in [0, 0.1) is 0 Å². The second-order valence-corrected chi connectivity index (χ2v) is 5.52. The van der Waals surface area contributed by atoms with Gasteiger partial charge in [-0.3, -0.25) is 4.90 Å². The minimum atomic E-state index is -4.00. The SMILES string of the molecule is CCCC1CN(CCCCC(F)(F)F)C(CC)CN1. The molecule has 1 rings (SSSR count). The maximum Gasteiger partial charge on any atom is 0.389 e. The normalized spacial score (nSPS) is 25.7. The molecule has 0 saturated carbocycles. The standard InChI is InChI=1S/C14H27F3N2/c1-3-7-12-11-19(13(4-2)10-18-12)9-6-5-8-14(15,16)17/h12-13,18H,3-11H2,1-2H3. The van der Waals surface area contributed by atoms with Crippen LogP contribution in [0.25, 0.3) is 0 Å². The molecule has 19 heavy (non-hydrogen) atoms. The number of hydrogen-bond acceptors (Lipinski definition) is 2. The number of halogens is 3. The summed E-state index contributed by atoms with van der Waals surface area (Å²) < 4.78 is 36.3. The summed E-state index contributed by atoms with van der Waals surface area (Å²) in [5.41, 5.74) is 0. The van der Waals surface area contributed by atoms with Crippen LogP contribution in [0.15, 0.2) is 0 Å². The quantitative estimate of drug-likeness (QED) is 0.717. The second kappa shape index (κ2) is 8.10. The minimum Gasteiger partial charge on any atom is -0.311 e. The van der Waals surface area contributed by atoms with E-state index in [9.17, 15) is 13.2 Å². The largest absolute Gasteiger partial charge is 0.389 e. The van der Waals surface area contributed by atoms with Crippen molar-refractivity contribution in [3.63, 3.8) is 0 Å². The van der Waals surface area contributed by atoms with Gasteiger partial charge < -0.3 is 5.32 Å². The summed E-state index contributed by atoms with van der Waals surface area (Å²) in [6.07, 6.45) is -0.388. The van der Waals surface area contributed by atoms with E-state index in [1.54, 1.807) is 0 Å². The zero-order valence-electron chi connectivity index (χ0n) is 12.1. The lowest BCUT2D eigenvalue weighted by molar-refractivity contribution is -0.135. The predicted octanol–water partition coefficient (Wildman–Crippen LogP) is 3.57. The summed E-state index contributed by atoms with van der Waals surface area (Å²) in [6, 6.07) is 0.995. The molecule has 0 spiro atoms. The first-order chi connectivity index (χ1) is 8.96. The first-order valence-corrected chi connectivity index (χ1v) is 7.50. The molecule has 1 heterocycles. The highest BCUT2D eigenvalue weighted by Crippen LogP contribution is 2.23. The van der Waals surface area contributed by atoms with Crippen LogP contribution in [0.2, 0.25) is 0 Å². The van der Waals surface area contributed by atoms with Crippen LogP contribution >= 0.6 is 0 Å². The Morgan fingerprint density at radius 2 is 1.95 bits per heavy atom. The third kappa shape index (κ3) is 6.61. The average Bonchev–Trinajstić information content (AvgIpc) is 2.34. The van der Waals surface area contributed by atoms with Crippen LogP contribution in [-0.2, 0) is 0 Å². The van der Waals surface area contributed by atoms with Gasteiger partial charge in [0.2, 0.25) is 0 Å². The lowest BCUT2D eigenvalue weighted by Crippen LogP contribution is -2.56. The molecule has 0 aromatic carbocycles. The fourth-order valence-electron chi connectivity index (χ4n) is 2.79. The molecule has 2 nitrogen and oxygen atoms in total. The lowest BCUT2D eigenvalue weighted by Gasteiger charge is -2.40. The summed E-state index contributed by atoms with van der Waals surface area (Å²) in [7, 11) is 0. The number of alkyl halides is 3. The zero-order chi connectivity index (χ0) is 14.3. The van der Waals surface area contributed by atoms with Crippen molar-refractivity contribution in [3.8, 4) is 0 Å². The molecule has 2 unspecified atom stereocenters.